The van der Waals surface area contributed by atoms with Gasteiger partial charge in [0.15, 0.2) is 0 Å². The highest BCUT2D eigenvalue weighted by Crippen LogP contribution is 2.32. The minimum absolute atomic E-state index is 1.62. The molecule has 0 aromatic carbocycles. The Balaban J connectivity index is 2.82. The lowest BCUT2D eigenvalue weighted by molar-refractivity contribution is -0.0780. The summed E-state index contributed by atoms with van der Waals surface area (Å²) in [5.41, 5.74) is 0. The summed E-state index contributed by atoms with van der Waals surface area (Å²) < 4.78 is 52.6. The molecule has 1 fully saturated rings. The van der Waals surface area contributed by atoms with Gasteiger partial charge in [-0.05, 0) is 26.2 Å². The first-order valence-corrected chi connectivity index (χ1v) is 11.3. The molecule has 0 radical (unpaired) electrons. The van der Waals surface area contributed by atoms with Crippen LogP contribution in [-0.4, -0.2) is 32.2 Å². The highest BCUT2D eigenvalue weighted by atomic mass is 28.5. The number of hydrogen-bond donors (Lipinski definition) is 0. The van der Waals surface area contributed by atoms with Gasteiger partial charge in [-0.15, -0.1) is 0 Å². The molecule has 14 heavy (non-hydrogen) atoms. The summed E-state index contributed by atoms with van der Waals surface area (Å²) >= 11 is 0. The fourth-order valence-corrected chi connectivity index (χ4v) is 13.1. The van der Waals surface area contributed by atoms with E-state index in [-0.39, 0.29) is 0 Å². The van der Waals surface area contributed by atoms with Crippen LogP contribution in [0.1, 0.15) is 0 Å². The molecule has 0 aromatic heterocycles. The third-order valence-electron chi connectivity index (χ3n) is 1.54. The lowest BCUT2D eigenvalue weighted by atomic mass is 11.5. The van der Waals surface area contributed by atoms with E-state index in [1.807, 2.05) is 0 Å². The molecule has 9 heteroatoms. The Bertz CT molecular complexity index is 214. The SMILES string of the molecule is C[Si]1(C)O[SiH](C(F)(F)F)O[Si](C)(C)O1. The molecule has 3 nitrogen and oxygen atoms in total. The second-order valence-corrected chi connectivity index (χ2v) is 13.6. The highest BCUT2D eigenvalue weighted by Gasteiger charge is 2.56. The third-order valence-corrected chi connectivity index (χ3v) is 12.3. The monoisotopic (exact) mass is 262 g/mol. The van der Waals surface area contributed by atoms with Crippen LogP contribution >= 0.6 is 0 Å². The molecule has 0 aromatic rings. The van der Waals surface area contributed by atoms with Gasteiger partial charge >= 0.3 is 32.2 Å². The molecular formula is C5H13F3O3Si3. The van der Waals surface area contributed by atoms with Crippen molar-refractivity contribution in [1.82, 2.24) is 0 Å². The van der Waals surface area contributed by atoms with E-state index in [1.165, 1.54) is 0 Å². The van der Waals surface area contributed by atoms with Crippen molar-refractivity contribution in [3.05, 3.63) is 0 Å². The lowest BCUT2D eigenvalue weighted by Crippen LogP contribution is -2.63. The molecule has 0 amide bonds. The zero-order chi connectivity index (χ0) is 11.2. The van der Waals surface area contributed by atoms with Crippen molar-refractivity contribution in [1.29, 1.82) is 0 Å². The molecule has 1 aliphatic rings. The van der Waals surface area contributed by atoms with Crippen molar-refractivity contribution in [3.8, 4) is 0 Å². The normalized spacial score (nSPS) is 27.6. The summed E-state index contributed by atoms with van der Waals surface area (Å²) in [6, 6.07) is 0. The first kappa shape index (κ1) is 12.4. The Hall–Kier alpha value is 0.321. The minimum atomic E-state index is -4.34. The van der Waals surface area contributed by atoms with Gasteiger partial charge in [0.1, 0.15) is 0 Å². The fourth-order valence-electron chi connectivity index (χ4n) is 1.31. The van der Waals surface area contributed by atoms with Crippen molar-refractivity contribution in [2.45, 2.75) is 32.0 Å². The van der Waals surface area contributed by atoms with Crippen molar-refractivity contribution in [2.75, 3.05) is 0 Å². The summed E-state index contributed by atoms with van der Waals surface area (Å²) in [6.07, 6.45) is 0. The predicted molar refractivity (Wildman–Crippen MR) is 51.4 cm³/mol. The van der Waals surface area contributed by atoms with E-state index in [9.17, 15) is 13.2 Å². The Kier molecular flexibility index (Phi) is 3.03. The van der Waals surface area contributed by atoms with E-state index < -0.39 is 32.2 Å². The third kappa shape index (κ3) is 3.17. The zero-order valence-corrected chi connectivity index (χ0v) is 11.6. The van der Waals surface area contributed by atoms with Crippen LogP contribution in [0.15, 0.2) is 0 Å². The van der Waals surface area contributed by atoms with E-state index in [0.29, 0.717) is 0 Å². The van der Waals surface area contributed by atoms with E-state index >= 15 is 0 Å². The Morgan fingerprint density at radius 1 is 0.929 bits per heavy atom. The largest absolute Gasteiger partial charge is 0.425 e. The maximum absolute atomic E-state index is 12.4. The second kappa shape index (κ2) is 3.42. The van der Waals surface area contributed by atoms with Crippen molar-refractivity contribution in [3.63, 3.8) is 0 Å². The zero-order valence-electron chi connectivity index (χ0n) is 8.44. The minimum Gasteiger partial charge on any atom is -0.416 e. The van der Waals surface area contributed by atoms with Crippen LogP contribution in [0, 0.1) is 0 Å². The molecular weight excluding hydrogens is 249 g/mol. The number of halogens is 3. The Morgan fingerprint density at radius 3 is 1.57 bits per heavy atom. The predicted octanol–water partition coefficient (Wildman–Crippen LogP) is 1.78. The van der Waals surface area contributed by atoms with Crippen LogP contribution in [0.3, 0.4) is 0 Å². The molecule has 1 heterocycles. The van der Waals surface area contributed by atoms with Gasteiger partial charge in [-0.2, -0.15) is 13.2 Å². The van der Waals surface area contributed by atoms with Crippen molar-refractivity contribution < 1.29 is 25.5 Å². The molecule has 1 saturated heterocycles. The smallest absolute Gasteiger partial charge is 0.416 e. The van der Waals surface area contributed by atoms with E-state index in [0.717, 1.165) is 0 Å². The van der Waals surface area contributed by atoms with Gasteiger partial charge in [0.25, 0.3) is 0 Å². The molecule has 0 unspecified atom stereocenters. The molecule has 0 saturated carbocycles. The fraction of sp³-hybridized carbons (Fsp3) is 1.00. The van der Waals surface area contributed by atoms with E-state index in [4.69, 9.17) is 12.3 Å². The molecule has 84 valence electrons. The van der Waals surface area contributed by atoms with Crippen LogP contribution in [-0.2, 0) is 12.3 Å². The lowest BCUT2D eigenvalue weighted by Gasteiger charge is -2.42. The van der Waals surface area contributed by atoms with Gasteiger partial charge in [-0.25, -0.2) is 0 Å². The van der Waals surface area contributed by atoms with Gasteiger partial charge in [0.05, 0.1) is 0 Å². The van der Waals surface area contributed by atoms with Crippen LogP contribution < -0.4 is 0 Å². The summed E-state index contributed by atoms with van der Waals surface area (Å²) in [5, 5.41) is 0. The van der Waals surface area contributed by atoms with Gasteiger partial charge in [-0.3, -0.25) is 0 Å². The number of rotatable bonds is 0. The van der Waals surface area contributed by atoms with Gasteiger partial charge in [0.2, 0.25) is 0 Å². The maximum Gasteiger partial charge on any atom is 0.425 e. The molecule has 0 aliphatic carbocycles. The number of alkyl halides is 3. The molecule has 1 rings (SSSR count). The van der Waals surface area contributed by atoms with E-state index in [2.05, 4.69) is 0 Å². The Morgan fingerprint density at radius 2 is 1.29 bits per heavy atom. The Labute approximate surface area is 84.5 Å². The molecule has 0 N–H and O–H groups in total. The maximum atomic E-state index is 12.4. The van der Waals surface area contributed by atoms with Gasteiger partial charge in [-0.1, -0.05) is 0 Å². The second-order valence-electron chi connectivity index (χ2n) is 4.01. The summed E-state index contributed by atoms with van der Waals surface area (Å²) in [4.78, 5) is 0. The van der Waals surface area contributed by atoms with Gasteiger partial charge in [0, 0.05) is 0 Å². The standard InChI is InChI=1S/C5H13F3O3Si3/c1-13(2)9-12(5(6,7)8)10-14(3,4)11-13/h12H,1-4H3. The van der Waals surface area contributed by atoms with Crippen LogP contribution in [0.2, 0.25) is 26.2 Å². The van der Waals surface area contributed by atoms with Crippen LogP contribution in [0.4, 0.5) is 13.2 Å². The molecule has 0 spiro atoms. The van der Waals surface area contributed by atoms with Crippen molar-refractivity contribution >= 4 is 26.4 Å². The quantitative estimate of drug-likeness (QED) is 0.623. The first-order chi connectivity index (χ1) is 6.02. The summed E-state index contributed by atoms with van der Waals surface area (Å²) in [5.74, 6) is -4.34. The average molecular weight is 262 g/mol. The highest BCUT2D eigenvalue weighted by molar-refractivity contribution is 6.88. The van der Waals surface area contributed by atoms with Crippen molar-refractivity contribution in [2.24, 2.45) is 0 Å². The van der Waals surface area contributed by atoms with Crippen LogP contribution in [0.25, 0.3) is 0 Å². The topological polar surface area (TPSA) is 27.7 Å². The summed E-state index contributed by atoms with van der Waals surface area (Å²) in [7, 11) is -8.81. The van der Waals surface area contributed by atoms with Gasteiger partial charge < -0.3 is 12.3 Å². The van der Waals surface area contributed by atoms with Crippen LogP contribution in [0.5, 0.6) is 0 Å². The molecule has 0 bridgehead atoms. The van der Waals surface area contributed by atoms with E-state index in [1.54, 1.807) is 26.2 Å². The number of hydrogen-bond acceptors (Lipinski definition) is 3. The first-order valence-electron chi connectivity index (χ1n) is 4.14. The molecule has 0 atom stereocenters. The summed E-state index contributed by atoms with van der Waals surface area (Å²) in [6.45, 7) is 6.48. The molecule has 1 aliphatic heterocycles. The average Bonchev–Trinajstić information content (AvgIpc) is 1.76.